The molecule has 2 N–H and O–H groups in total. The number of amides is 1. The molecule has 0 bridgehead atoms. The summed E-state index contributed by atoms with van der Waals surface area (Å²) in [5, 5.41) is 16.2. The minimum atomic E-state index is -0.481. The van der Waals surface area contributed by atoms with E-state index in [2.05, 4.69) is 31.4 Å². The fourth-order valence-corrected chi connectivity index (χ4v) is 4.47. The fourth-order valence-electron chi connectivity index (χ4n) is 3.10. The molecule has 0 spiro atoms. The van der Waals surface area contributed by atoms with E-state index >= 15 is 0 Å². The molecule has 0 saturated heterocycles. The van der Waals surface area contributed by atoms with E-state index in [0.29, 0.717) is 20.3 Å². The van der Waals surface area contributed by atoms with Crippen molar-refractivity contribution in [1.82, 2.24) is 15.0 Å². The van der Waals surface area contributed by atoms with Gasteiger partial charge in [0, 0.05) is 10.9 Å². The summed E-state index contributed by atoms with van der Waals surface area (Å²) < 4.78 is 6.77. The van der Waals surface area contributed by atoms with Gasteiger partial charge in [0.1, 0.15) is 11.4 Å². The Morgan fingerprint density at radius 1 is 1.34 bits per heavy atom. The van der Waals surface area contributed by atoms with E-state index in [4.69, 9.17) is 4.74 Å². The van der Waals surface area contributed by atoms with Gasteiger partial charge >= 0.3 is 0 Å². The van der Waals surface area contributed by atoms with Crippen LogP contribution in [-0.4, -0.2) is 33.9 Å². The van der Waals surface area contributed by atoms with E-state index < -0.39 is 5.91 Å². The summed E-state index contributed by atoms with van der Waals surface area (Å²) in [5.74, 6) is -0.242. The zero-order valence-corrected chi connectivity index (χ0v) is 19.2. The molecule has 0 atom stereocenters. The van der Waals surface area contributed by atoms with Gasteiger partial charge in [-0.1, -0.05) is 30.3 Å². The highest BCUT2D eigenvalue weighted by atomic mass is 79.9. The number of carbonyl (C=O) groups is 1. The molecule has 10 heteroatoms. The summed E-state index contributed by atoms with van der Waals surface area (Å²) in [6.45, 7) is -0.230. The number of nitrogens with one attached hydrogen (secondary N) is 1. The van der Waals surface area contributed by atoms with E-state index in [1.165, 1.54) is 35.6 Å². The number of hydrogen-bond donors (Lipinski definition) is 2. The SMILES string of the molecule is COc1cc(/C=N/NC(=O)Cn2cnc3scc(-c4ccccc4)c3c2=O)cc(Br)c1O. The zero-order valence-electron chi connectivity index (χ0n) is 16.8. The van der Waals surface area contributed by atoms with Gasteiger partial charge in [0.25, 0.3) is 11.5 Å². The Labute approximate surface area is 194 Å². The van der Waals surface area contributed by atoms with Gasteiger partial charge in [0.15, 0.2) is 11.5 Å². The standard InChI is InChI=1S/C22H17BrN4O4S/c1-31-17-8-13(7-16(23)20(17)29)9-25-26-18(28)10-27-12-24-21-19(22(27)30)15(11-32-21)14-5-3-2-4-6-14/h2-9,11-12,29H,10H2,1H3,(H,26,28)/b25-9+. The van der Waals surface area contributed by atoms with Crippen LogP contribution in [0.4, 0.5) is 0 Å². The molecule has 2 aromatic carbocycles. The summed E-state index contributed by atoms with van der Waals surface area (Å²) in [4.78, 5) is 30.3. The minimum absolute atomic E-state index is 0.0285. The van der Waals surface area contributed by atoms with E-state index in [-0.39, 0.29) is 23.6 Å². The molecule has 0 aliphatic heterocycles. The number of nitrogens with zero attached hydrogens (tertiary/aromatic N) is 3. The normalized spacial score (nSPS) is 11.2. The minimum Gasteiger partial charge on any atom is -0.503 e. The molecule has 4 aromatic rings. The lowest BCUT2D eigenvalue weighted by atomic mass is 10.1. The van der Waals surface area contributed by atoms with Crippen molar-refractivity contribution in [2.24, 2.45) is 5.10 Å². The van der Waals surface area contributed by atoms with Crippen LogP contribution in [-0.2, 0) is 11.3 Å². The summed E-state index contributed by atoms with van der Waals surface area (Å²) in [7, 11) is 1.43. The number of fused-ring (bicyclic) bond motifs is 1. The largest absolute Gasteiger partial charge is 0.503 e. The summed E-state index contributed by atoms with van der Waals surface area (Å²) in [5.41, 5.74) is 4.41. The second kappa shape index (κ2) is 9.33. The first-order valence-electron chi connectivity index (χ1n) is 9.38. The number of methoxy groups -OCH3 is 1. The molecular formula is C22H17BrN4O4S. The van der Waals surface area contributed by atoms with Crippen LogP contribution in [0, 0.1) is 0 Å². The average Bonchev–Trinajstić information content (AvgIpc) is 3.23. The maximum absolute atomic E-state index is 13.0. The maximum Gasteiger partial charge on any atom is 0.263 e. The third kappa shape index (κ3) is 4.41. The molecule has 0 aliphatic rings. The molecule has 0 unspecified atom stereocenters. The van der Waals surface area contributed by atoms with E-state index in [9.17, 15) is 14.7 Å². The molecule has 8 nitrogen and oxygen atoms in total. The van der Waals surface area contributed by atoms with E-state index in [0.717, 1.165) is 11.1 Å². The van der Waals surface area contributed by atoms with Crippen molar-refractivity contribution in [3.05, 3.63) is 74.6 Å². The van der Waals surface area contributed by atoms with Gasteiger partial charge in [-0.25, -0.2) is 10.4 Å². The van der Waals surface area contributed by atoms with Gasteiger partial charge in [-0.2, -0.15) is 5.10 Å². The van der Waals surface area contributed by atoms with Gasteiger partial charge < -0.3 is 9.84 Å². The third-order valence-electron chi connectivity index (χ3n) is 4.63. The third-order valence-corrected chi connectivity index (χ3v) is 6.12. The lowest BCUT2D eigenvalue weighted by Gasteiger charge is -2.07. The number of phenols is 1. The predicted molar refractivity (Wildman–Crippen MR) is 127 cm³/mol. The molecule has 4 rings (SSSR count). The monoisotopic (exact) mass is 512 g/mol. The number of hydrazone groups is 1. The Balaban J connectivity index is 1.52. The molecule has 162 valence electrons. The highest BCUT2D eigenvalue weighted by Crippen LogP contribution is 2.34. The van der Waals surface area contributed by atoms with Crippen LogP contribution in [0.1, 0.15) is 5.56 Å². The molecule has 0 radical (unpaired) electrons. The summed E-state index contributed by atoms with van der Waals surface area (Å²) >= 11 is 4.61. The second-order valence-electron chi connectivity index (χ2n) is 6.72. The van der Waals surface area contributed by atoms with E-state index in [1.54, 1.807) is 12.1 Å². The zero-order chi connectivity index (χ0) is 22.7. The number of ether oxygens (including phenoxy) is 1. The van der Waals surface area contributed by atoms with Crippen molar-refractivity contribution >= 4 is 49.6 Å². The number of thiophene rings is 1. The highest BCUT2D eigenvalue weighted by molar-refractivity contribution is 9.10. The predicted octanol–water partition coefficient (Wildman–Crippen LogP) is 3.75. The number of carbonyl (C=O) groups excluding carboxylic acids is 1. The molecule has 2 heterocycles. The number of halogens is 1. The number of benzene rings is 2. The van der Waals surface area contributed by atoms with Crippen LogP contribution in [0.25, 0.3) is 21.3 Å². The van der Waals surface area contributed by atoms with Gasteiger partial charge in [0.05, 0.1) is 29.5 Å². The van der Waals surface area contributed by atoms with Crippen molar-refractivity contribution in [1.29, 1.82) is 0 Å². The van der Waals surface area contributed by atoms with Crippen molar-refractivity contribution < 1.29 is 14.6 Å². The van der Waals surface area contributed by atoms with E-state index in [1.807, 2.05) is 35.7 Å². The fraction of sp³-hybridized carbons (Fsp3) is 0.0909. The average molecular weight is 513 g/mol. The van der Waals surface area contributed by atoms with Crippen molar-refractivity contribution in [3.8, 4) is 22.6 Å². The second-order valence-corrected chi connectivity index (χ2v) is 8.43. The maximum atomic E-state index is 13.0. The summed E-state index contributed by atoms with van der Waals surface area (Å²) in [6.07, 6.45) is 2.77. The molecule has 0 aliphatic carbocycles. The number of rotatable bonds is 6. The number of hydrogen-bond acceptors (Lipinski definition) is 7. The quantitative estimate of drug-likeness (QED) is 0.302. The smallest absolute Gasteiger partial charge is 0.263 e. The molecule has 0 fully saturated rings. The molecular weight excluding hydrogens is 496 g/mol. The van der Waals surface area contributed by atoms with Gasteiger partial charge in [0.2, 0.25) is 0 Å². The number of phenolic OH excluding ortho intramolecular Hbond substituents is 1. The Bertz CT molecular complexity index is 1380. The number of aromatic nitrogens is 2. The first kappa shape index (κ1) is 21.7. The topological polar surface area (TPSA) is 106 Å². The Hall–Kier alpha value is -3.50. The van der Waals surface area contributed by atoms with Crippen LogP contribution < -0.4 is 15.7 Å². The number of aromatic hydroxyl groups is 1. The molecule has 1 amide bonds. The van der Waals surface area contributed by atoms with Crippen molar-refractivity contribution in [3.63, 3.8) is 0 Å². The highest BCUT2D eigenvalue weighted by Gasteiger charge is 2.14. The van der Waals surface area contributed by atoms with Crippen LogP contribution in [0.15, 0.2) is 68.5 Å². The van der Waals surface area contributed by atoms with Crippen LogP contribution >= 0.6 is 27.3 Å². The Kier molecular flexibility index (Phi) is 6.33. The van der Waals surface area contributed by atoms with Crippen molar-refractivity contribution in [2.45, 2.75) is 6.54 Å². The van der Waals surface area contributed by atoms with Gasteiger partial charge in [-0.15, -0.1) is 11.3 Å². The first-order chi connectivity index (χ1) is 15.5. The van der Waals surface area contributed by atoms with Crippen LogP contribution in [0.5, 0.6) is 11.5 Å². The first-order valence-corrected chi connectivity index (χ1v) is 11.1. The van der Waals surface area contributed by atoms with Crippen LogP contribution in [0.2, 0.25) is 0 Å². The molecule has 0 saturated carbocycles. The molecule has 2 aromatic heterocycles. The lowest BCUT2D eigenvalue weighted by molar-refractivity contribution is -0.121. The Morgan fingerprint density at radius 2 is 2.12 bits per heavy atom. The summed E-state index contributed by atoms with van der Waals surface area (Å²) in [6, 6.07) is 12.8. The van der Waals surface area contributed by atoms with Gasteiger partial charge in [-0.05, 0) is 39.2 Å². The molecule has 32 heavy (non-hydrogen) atoms. The van der Waals surface area contributed by atoms with Gasteiger partial charge in [-0.3, -0.25) is 14.2 Å². The Morgan fingerprint density at radius 3 is 2.88 bits per heavy atom. The lowest BCUT2D eigenvalue weighted by Crippen LogP contribution is -2.30. The van der Waals surface area contributed by atoms with Crippen LogP contribution in [0.3, 0.4) is 0 Å². The van der Waals surface area contributed by atoms with Crippen molar-refractivity contribution in [2.75, 3.05) is 7.11 Å².